The summed E-state index contributed by atoms with van der Waals surface area (Å²) in [6.45, 7) is 3.59. The lowest BCUT2D eigenvalue weighted by Gasteiger charge is -2.19. The van der Waals surface area contributed by atoms with Crippen molar-refractivity contribution in [3.63, 3.8) is 0 Å². The van der Waals surface area contributed by atoms with Crippen LogP contribution in [0, 0.1) is 0 Å². The van der Waals surface area contributed by atoms with Crippen LogP contribution >= 0.6 is 7.82 Å². The van der Waals surface area contributed by atoms with Gasteiger partial charge in [-0.05, 0) is 57.8 Å². The van der Waals surface area contributed by atoms with Crippen LogP contribution in [0.1, 0.15) is 181 Å². The molecule has 3 N–H and O–H groups in total. The first-order valence-corrected chi connectivity index (χ1v) is 23.3. The first kappa shape index (κ1) is 52.7. The topological polar surface area (TPSA) is 134 Å². The number of carbonyl (C=O) groups excluding carboxylic acids is 2. The highest BCUT2D eigenvalue weighted by Crippen LogP contribution is 2.43. The summed E-state index contributed by atoms with van der Waals surface area (Å²) in [5.41, 5.74) is 5.34. The third-order valence-electron chi connectivity index (χ3n) is 8.92. The van der Waals surface area contributed by atoms with Crippen molar-refractivity contribution in [3.8, 4) is 0 Å². The summed E-state index contributed by atoms with van der Waals surface area (Å²) in [7, 11) is -4.38. The molecular formula is C45H80NO8P. The van der Waals surface area contributed by atoms with E-state index in [2.05, 4.69) is 74.6 Å². The molecule has 9 nitrogen and oxygen atoms in total. The number of carbonyl (C=O) groups is 2. The highest BCUT2D eigenvalue weighted by atomic mass is 31.2. The van der Waals surface area contributed by atoms with Crippen LogP contribution in [0.3, 0.4) is 0 Å². The summed E-state index contributed by atoms with van der Waals surface area (Å²) >= 11 is 0. The van der Waals surface area contributed by atoms with Crippen LogP contribution in [-0.4, -0.2) is 49.3 Å². The van der Waals surface area contributed by atoms with Gasteiger partial charge in [0.25, 0.3) is 0 Å². The number of hydrogen-bond donors (Lipinski definition) is 2. The predicted molar refractivity (Wildman–Crippen MR) is 229 cm³/mol. The van der Waals surface area contributed by atoms with E-state index >= 15 is 0 Å². The molecule has 0 heterocycles. The van der Waals surface area contributed by atoms with Gasteiger partial charge in [0.15, 0.2) is 6.10 Å². The summed E-state index contributed by atoms with van der Waals surface area (Å²) < 4.78 is 32.7. The second-order valence-corrected chi connectivity index (χ2v) is 15.6. The number of hydrogen-bond acceptors (Lipinski definition) is 8. The maximum Gasteiger partial charge on any atom is 0.472 e. The van der Waals surface area contributed by atoms with Crippen LogP contribution in [0.4, 0.5) is 0 Å². The van der Waals surface area contributed by atoms with Crippen LogP contribution in [0.25, 0.3) is 0 Å². The van der Waals surface area contributed by atoms with Gasteiger partial charge >= 0.3 is 19.8 Å². The number of rotatable bonds is 40. The first-order valence-electron chi connectivity index (χ1n) is 21.8. The third-order valence-corrected chi connectivity index (χ3v) is 9.90. The fourth-order valence-corrected chi connectivity index (χ4v) is 6.48. The van der Waals surface area contributed by atoms with Crippen molar-refractivity contribution >= 4 is 19.8 Å². The molecule has 0 amide bonds. The lowest BCUT2D eigenvalue weighted by atomic mass is 10.1. The number of ether oxygens (including phenoxy) is 2. The number of nitrogens with two attached hydrogens (primary N) is 1. The van der Waals surface area contributed by atoms with E-state index in [-0.39, 0.29) is 38.6 Å². The van der Waals surface area contributed by atoms with Gasteiger partial charge in [0, 0.05) is 19.4 Å². The number of phosphoric ester groups is 1. The zero-order valence-corrected chi connectivity index (χ0v) is 35.8. The van der Waals surface area contributed by atoms with E-state index in [4.69, 9.17) is 24.3 Å². The molecule has 0 aromatic heterocycles. The lowest BCUT2D eigenvalue weighted by molar-refractivity contribution is -0.161. The van der Waals surface area contributed by atoms with Gasteiger partial charge in [-0.3, -0.25) is 18.6 Å². The van der Waals surface area contributed by atoms with E-state index in [0.717, 1.165) is 77.0 Å². The van der Waals surface area contributed by atoms with Crippen molar-refractivity contribution in [3.05, 3.63) is 60.8 Å². The van der Waals surface area contributed by atoms with Crippen LogP contribution in [0.15, 0.2) is 60.8 Å². The average Bonchev–Trinajstić information content (AvgIpc) is 3.17. The highest BCUT2D eigenvalue weighted by Gasteiger charge is 2.26. The molecule has 318 valence electrons. The molecule has 0 saturated heterocycles. The first-order chi connectivity index (χ1) is 26.8. The molecule has 0 aliphatic heterocycles. The predicted octanol–water partition coefficient (Wildman–Crippen LogP) is 12.5. The van der Waals surface area contributed by atoms with Crippen LogP contribution in [-0.2, 0) is 32.7 Å². The maximum absolute atomic E-state index is 12.6. The minimum absolute atomic E-state index is 0.0497. The van der Waals surface area contributed by atoms with Gasteiger partial charge in [-0.15, -0.1) is 0 Å². The smallest absolute Gasteiger partial charge is 0.462 e. The average molecular weight is 794 g/mol. The van der Waals surface area contributed by atoms with E-state index < -0.39 is 26.5 Å². The molecule has 0 spiro atoms. The number of esters is 2. The Morgan fingerprint density at radius 1 is 0.564 bits per heavy atom. The fraction of sp³-hybridized carbons (Fsp3) is 0.733. The van der Waals surface area contributed by atoms with Crippen molar-refractivity contribution in [2.75, 3.05) is 26.4 Å². The van der Waals surface area contributed by atoms with Crippen molar-refractivity contribution < 1.29 is 37.6 Å². The van der Waals surface area contributed by atoms with Gasteiger partial charge < -0.3 is 20.1 Å². The van der Waals surface area contributed by atoms with Gasteiger partial charge in [-0.2, -0.15) is 0 Å². The largest absolute Gasteiger partial charge is 0.472 e. The van der Waals surface area contributed by atoms with Crippen molar-refractivity contribution in [1.82, 2.24) is 0 Å². The summed E-state index contributed by atoms with van der Waals surface area (Å²) in [4.78, 5) is 34.8. The van der Waals surface area contributed by atoms with Crippen molar-refractivity contribution in [2.24, 2.45) is 5.73 Å². The zero-order valence-electron chi connectivity index (χ0n) is 34.9. The summed E-state index contributed by atoms with van der Waals surface area (Å²) in [6.07, 6.45) is 48.2. The van der Waals surface area contributed by atoms with Gasteiger partial charge in [0.2, 0.25) is 0 Å². The molecule has 0 bridgehead atoms. The molecule has 0 aliphatic carbocycles. The fourth-order valence-electron chi connectivity index (χ4n) is 5.72. The van der Waals surface area contributed by atoms with E-state index in [1.807, 2.05) is 0 Å². The van der Waals surface area contributed by atoms with Gasteiger partial charge in [0.1, 0.15) is 6.61 Å². The SMILES string of the molecule is CC/C=C\C/C=C\C/C=C\C/C=C\C/C=C\CCCCCCCCCC(=O)OC(COC(=O)CCCCCCCCCCCCC)COP(=O)(O)OCCN. The Morgan fingerprint density at radius 2 is 1.00 bits per heavy atom. The van der Waals surface area contributed by atoms with Gasteiger partial charge in [-0.1, -0.05) is 171 Å². The lowest BCUT2D eigenvalue weighted by Crippen LogP contribution is -2.29. The van der Waals surface area contributed by atoms with Crippen molar-refractivity contribution in [2.45, 2.75) is 187 Å². The monoisotopic (exact) mass is 794 g/mol. The maximum atomic E-state index is 12.6. The molecule has 0 saturated carbocycles. The molecule has 0 aromatic rings. The molecule has 10 heteroatoms. The molecule has 0 rings (SSSR count). The van der Waals surface area contributed by atoms with E-state index in [1.54, 1.807) is 0 Å². The quantitative estimate of drug-likeness (QED) is 0.0269. The Kier molecular flexibility index (Phi) is 39.6. The van der Waals surface area contributed by atoms with Crippen LogP contribution in [0.5, 0.6) is 0 Å². The molecule has 0 aliphatic rings. The molecule has 0 fully saturated rings. The highest BCUT2D eigenvalue weighted by molar-refractivity contribution is 7.47. The zero-order chi connectivity index (χ0) is 40.3. The molecule has 2 atom stereocenters. The Labute approximate surface area is 336 Å². The van der Waals surface area contributed by atoms with Crippen molar-refractivity contribution in [1.29, 1.82) is 0 Å². The molecular weight excluding hydrogens is 713 g/mol. The number of allylic oxidation sites excluding steroid dienone is 10. The minimum atomic E-state index is -4.38. The van der Waals surface area contributed by atoms with Crippen LogP contribution in [0.2, 0.25) is 0 Å². The molecule has 55 heavy (non-hydrogen) atoms. The number of phosphoric acid groups is 1. The molecule has 0 aromatic carbocycles. The Hall–Kier alpha value is -2.29. The number of unbranched alkanes of at least 4 members (excludes halogenated alkanes) is 17. The Bertz CT molecular complexity index is 1090. The van der Waals surface area contributed by atoms with Crippen LogP contribution < -0.4 is 5.73 Å². The standard InChI is InChI=1S/C45H80NO8P/c1-3-5-7-9-11-13-15-16-17-18-19-20-21-22-23-24-25-26-28-30-32-34-36-38-45(48)54-43(42-53-55(49,50)52-40-39-46)41-51-44(47)37-35-33-31-29-27-14-12-10-8-6-4-2/h5,7,11,13,16-17,19-20,22-23,43H,3-4,6,8-10,12,14-15,18,21,24-42,46H2,1-2H3,(H,49,50)/b7-5-,13-11-,17-16-,20-19-,23-22-. The summed E-state index contributed by atoms with van der Waals surface area (Å²) in [5.74, 6) is -0.843. The molecule has 2 unspecified atom stereocenters. The third kappa shape index (κ3) is 41.2. The Balaban J connectivity index is 4.14. The van der Waals surface area contributed by atoms with Gasteiger partial charge in [-0.25, -0.2) is 4.57 Å². The minimum Gasteiger partial charge on any atom is -0.462 e. The molecule has 0 radical (unpaired) electrons. The normalized spacial score (nSPS) is 13.9. The Morgan fingerprint density at radius 3 is 1.49 bits per heavy atom. The second kappa shape index (κ2) is 41.3. The summed E-state index contributed by atoms with van der Waals surface area (Å²) in [6, 6.07) is 0. The van der Waals surface area contributed by atoms with Gasteiger partial charge in [0.05, 0.1) is 13.2 Å². The van der Waals surface area contributed by atoms with E-state index in [0.29, 0.717) is 6.42 Å². The second-order valence-electron chi connectivity index (χ2n) is 14.2. The van der Waals surface area contributed by atoms with E-state index in [9.17, 15) is 19.0 Å². The summed E-state index contributed by atoms with van der Waals surface area (Å²) in [5, 5.41) is 0. The van der Waals surface area contributed by atoms with E-state index in [1.165, 1.54) is 70.6 Å².